The van der Waals surface area contributed by atoms with E-state index in [1.54, 1.807) is 30.3 Å². The predicted octanol–water partition coefficient (Wildman–Crippen LogP) is 3.63. The monoisotopic (exact) mass is 403 g/mol. The number of nitro benzene ring substituents is 1. The Hall–Kier alpha value is -4.20. The third kappa shape index (κ3) is 4.12. The summed E-state index contributed by atoms with van der Waals surface area (Å²) in [4.78, 5) is 23.2. The van der Waals surface area contributed by atoms with Crippen LogP contribution in [0.25, 0.3) is 0 Å². The Morgan fingerprint density at radius 1 is 0.967 bits per heavy atom. The molecule has 1 aliphatic rings. The molecule has 1 amide bonds. The normalized spacial score (nSPS) is 17.5. The molecular formula is C22H17N3O5. The topological polar surface area (TPSA) is 103 Å². The highest BCUT2D eigenvalue weighted by molar-refractivity contribution is 5.85. The number of carbonyl (C=O) groups excluding carboxylic acids is 1. The molecule has 0 saturated heterocycles. The van der Waals surface area contributed by atoms with Crippen LogP contribution in [0, 0.1) is 10.1 Å². The van der Waals surface area contributed by atoms with Gasteiger partial charge in [-0.2, -0.15) is 5.10 Å². The Morgan fingerprint density at radius 3 is 2.40 bits per heavy atom. The summed E-state index contributed by atoms with van der Waals surface area (Å²) >= 11 is 0. The largest absolute Gasteiger partial charge is 0.477 e. The molecule has 0 aromatic heterocycles. The minimum Gasteiger partial charge on any atom is -0.477 e. The van der Waals surface area contributed by atoms with E-state index >= 15 is 0 Å². The van der Waals surface area contributed by atoms with Crippen LogP contribution in [0.2, 0.25) is 0 Å². The summed E-state index contributed by atoms with van der Waals surface area (Å²) in [6, 6.07) is 22.3. The summed E-state index contributed by atoms with van der Waals surface area (Å²) < 4.78 is 12.0. The zero-order valence-electron chi connectivity index (χ0n) is 15.7. The molecule has 2 unspecified atom stereocenters. The van der Waals surface area contributed by atoms with Crippen molar-refractivity contribution in [3.05, 3.63) is 100 Å². The molecule has 0 bridgehead atoms. The molecule has 150 valence electrons. The second-order valence-electron chi connectivity index (χ2n) is 6.52. The van der Waals surface area contributed by atoms with Crippen molar-refractivity contribution in [2.24, 2.45) is 5.10 Å². The van der Waals surface area contributed by atoms with Gasteiger partial charge < -0.3 is 9.47 Å². The van der Waals surface area contributed by atoms with Crippen molar-refractivity contribution in [3.63, 3.8) is 0 Å². The number of ether oxygens (including phenoxy) is 2. The number of non-ortho nitro benzene ring substituents is 1. The fourth-order valence-electron chi connectivity index (χ4n) is 3.07. The number of rotatable bonds is 5. The van der Waals surface area contributed by atoms with E-state index in [1.807, 2.05) is 36.4 Å². The smallest absolute Gasteiger partial charge is 0.285 e. The number of nitrogens with zero attached hydrogens (tertiary/aromatic N) is 2. The molecule has 8 heteroatoms. The van der Waals surface area contributed by atoms with Gasteiger partial charge >= 0.3 is 0 Å². The van der Waals surface area contributed by atoms with Crippen LogP contribution in [0.3, 0.4) is 0 Å². The molecule has 1 heterocycles. The van der Waals surface area contributed by atoms with Gasteiger partial charge in [-0.15, -0.1) is 0 Å². The van der Waals surface area contributed by atoms with E-state index in [9.17, 15) is 14.9 Å². The van der Waals surface area contributed by atoms with Crippen molar-refractivity contribution in [1.82, 2.24) is 5.43 Å². The van der Waals surface area contributed by atoms with Crippen LogP contribution in [0.1, 0.15) is 17.2 Å². The Kier molecular flexibility index (Phi) is 5.38. The van der Waals surface area contributed by atoms with E-state index in [4.69, 9.17) is 9.47 Å². The Balaban J connectivity index is 1.53. The second kappa shape index (κ2) is 8.44. The summed E-state index contributed by atoms with van der Waals surface area (Å²) in [7, 11) is 0. The highest BCUT2D eigenvalue weighted by Gasteiger charge is 2.38. The summed E-state index contributed by atoms with van der Waals surface area (Å²) in [5.74, 6) is 0.517. The standard InChI is InChI=1S/C22H17N3O5/c26-22(24-23-14-15-7-6-10-17(13-15)25(27)28)21-20(16-8-2-1-3-9-16)29-18-11-4-5-12-19(18)30-21/h1-14,20-21H,(H,24,26)/b23-14+. The van der Waals surface area contributed by atoms with Gasteiger partial charge in [0.1, 0.15) is 0 Å². The maximum atomic E-state index is 12.8. The summed E-state index contributed by atoms with van der Waals surface area (Å²) in [5, 5.41) is 14.8. The quantitative estimate of drug-likeness (QED) is 0.398. The Morgan fingerprint density at radius 2 is 1.67 bits per heavy atom. The lowest BCUT2D eigenvalue weighted by Crippen LogP contribution is -2.44. The van der Waals surface area contributed by atoms with Gasteiger partial charge in [0.05, 0.1) is 11.1 Å². The highest BCUT2D eigenvalue weighted by Crippen LogP contribution is 2.39. The average Bonchev–Trinajstić information content (AvgIpc) is 2.79. The van der Waals surface area contributed by atoms with E-state index in [-0.39, 0.29) is 5.69 Å². The lowest BCUT2D eigenvalue weighted by molar-refractivity contribution is -0.384. The molecule has 2 atom stereocenters. The first-order valence-electron chi connectivity index (χ1n) is 9.16. The number of amides is 1. The maximum Gasteiger partial charge on any atom is 0.285 e. The zero-order chi connectivity index (χ0) is 20.9. The molecule has 3 aromatic carbocycles. The second-order valence-corrected chi connectivity index (χ2v) is 6.52. The average molecular weight is 403 g/mol. The summed E-state index contributed by atoms with van der Waals surface area (Å²) in [5.41, 5.74) is 3.64. The number of carbonyl (C=O) groups is 1. The van der Waals surface area contributed by atoms with Crippen LogP contribution in [0.15, 0.2) is 84.0 Å². The van der Waals surface area contributed by atoms with Gasteiger partial charge in [-0.1, -0.05) is 54.6 Å². The number of para-hydroxylation sites is 2. The number of fused-ring (bicyclic) bond motifs is 1. The van der Waals surface area contributed by atoms with Crippen LogP contribution in [-0.4, -0.2) is 23.1 Å². The molecule has 4 rings (SSSR count). The van der Waals surface area contributed by atoms with Gasteiger partial charge in [-0.25, -0.2) is 5.43 Å². The number of hydrogen-bond acceptors (Lipinski definition) is 6. The third-order valence-corrected chi connectivity index (χ3v) is 4.49. The number of hydrogen-bond donors (Lipinski definition) is 1. The fraction of sp³-hybridized carbons (Fsp3) is 0.0909. The first kappa shape index (κ1) is 19.1. The molecule has 1 N–H and O–H groups in total. The van der Waals surface area contributed by atoms with E-state index in [2.05, 4.69) is 10.5 Å². The van der Waals surface area contributed by atoms with Gasteiger partial charge in [0.15, 0.2) is 17.6 Å². The van der Waals surface area contributed by atoms with Crippen LogP contribution < -0.4 is 14.9 Å². The SMILES string of the molecule is O=C(N/N=C/c1cccc([N+](=O)[O-])c1)C1Oc2ccccc2OC1c1ccccc1. The van der Waals surface area contributed by atoms with E-state index in [1.165, 1.54) is 18.3 Å². The van der Waals surface area contributed by atoms with Gasteiger partial charge in [-0.05, 0) is 17.7 Å². The molecule has 0 aliphatic carbocycles. The van der Waals surface area contributed by atoms with E-state index in [0.29, 0.717) is 17.1 Å². The van der Waals surface area contributed by atoms with Gasteiger partial charge in [0, 0.05) is 17.7 Å². The highest BCUT2D eigenvalue weighted by atomic mass is 16.6. The van der Waals surface area contributed by atoms with Crippen molar-refractivity contribution >= 4 is 17.8 Å². The van der Waals surface area contributed by atoms with Gasteiger partial charge in [0.2, 0.25) is 6.10 Å². The molecule has 0 fully saturated rings. The lowest BCUT2D eigenvalue weighted by Gasteiger charge is -2.32. The van der Waals surface area contributed by atoms with Crippen molar-refractivity contribution < 1.29 is 19.2 Å². The zero-order valence-corrected chi connectivity index (χ0v) is 15.7. The van der Waals surface area contributed by atoms with Crippen molar-refractivity contribution in [2.45, 2.75) is 12.2 Å². The Labute approximate surface area is 171 Å². The van der Waals surface area contributed by atoms with Gasteiger partial charge in [0.25, 0.3) is 11.6 Å². The van der Waals surface area contributed by atoms with Crippen molar-refractivity contribution in [1.29, 1.82) is 0 Å². The van der Waals surface area contributed by atoms with Crippen LogP contribution >= 0.6 is 0 Å². The Bertz CT molecular complexity index is 1100. The molecule has 0 spiro atoms. The minimum absolute atomic E-state index is 0.0601. The first-order valence-corrected chi connectivity index (χ1v) is 9.16. The molecular weight excluding hydrogens is 386 g/mol. The molecule has 0 radical (unpaired) electrons. The van der Waals surface area contributed by atoms with Gasteiger partial charge in [-0.3, -0.25) is 14.9 Å². The van der Waals surface area contributed by atoms with Crippen molar-refractivity contribution in [3.8, 4) is 11.5 Å². The summed E-state index contributed by atoms with van der Waals surface area (Å²) in [6.45, 7) is 0. The van der Waals surface area contributed by atoms with E-state index in [0.717, 1.165) is 5.56 Å². The molecule has 1 aliphatic heterocycles. The lowest BCUT2D eigenvalue weighted by atomic mass is 10.0. The number of hydrazone groups is 1. The predicted molar refractivity (Wildman–Crippen MR) is 110 cm³/mol. The maximum absolute atomic E-state index is 12.8. The number of benzene rings is 3. The number of nitro groups is 1. The molecule has 3 aromatic rings. The van der Waals surface area contributed by atoms with Crippen LogP contribution in [0.4, 0.5) is 5.69 Å². The van der Waals surface area contributed by atoms with Crippen LogP contribution in [-0.2, 0) is 4.79 Å². The fourth-order valence-corrected chi connectivity index (χ4v) is 3.07. The molecule has 0 saturated carbocycles. The van der Waals surface area contributed by atoms with Crippen LogP contribution in [0.5, 0.6) is 11.5 Å². The first-order chi connectivity index (χ1) is 14.6. The minimum atomic E-state index is -0.968. The van der Waals surface area contributed by atoms with Crippen molar-refractivity contribution in [2.75, 3.05) is 0 Å². The molecule has 8 nitrogen and oxygen atoms in total. The summed E-state index contributed by atoms with van der Waals surface area (Å²) in [6.07, 6.45) is -0.293. The number of nitrogens with one attached hydrogen (secondary N) is 1. The van der Waals surface area contributed by atoms with E-state index < -0.39 is 23.0 Å². The third-order valence-electron chi connectivity index (χ3n) is 4.49. The molecule has 30 heavy (non-hydrogen) atoms.